The monoisotopic (exact) mass is 269 g/mol. The van der Waals surface area contributed by atoms with Crippen molar-refractivity contribution in [3.63, 3.8) is 0 Å². The van der Waals surface area contributed by atoms with Crippen LogP contribution in [0, 0.1) is 6.92 Å². The van der Waals surface area contributed by atoms with Crippen LogP contribution in [0.3, 0.4) is 0 Å². The molecule has 3 rings (SSSR count). The van der Waals surface area contributed by atoms with E-state index in [0.29, 0.717) is 13.2 Å². The van der Waals surface area contributed by atoms with E-state index in [0.717, 1.165) is 23.5 Å². The number of benzene rings is 2. The van der Waals surface area contributed by atoms with Gasteiger partial charge in [-0.3, -0.25) is 0 Å². The number of hydrogen-bond acceptors (Lipinski definition) is 3. The molecule has 0 fully saturated rings. The van der Waals surface area contributed by atoms with Crippen LogP contribution in [0.5, 0.6) is 11.5 Å². The van der Waals surface area contributed by atoms with E-state index in [1.54, 1.807) is 0 Å². The number of nitrogens with two attached hydrogens (primary N) is 1. The highest BCUT2D eigenvalue weighted by Gasteiger charge is 2.19. The maximum absolute atomic E-state index is 6.35. The van der Waals surface area contributed by atoms with Gasteiger partial charge in [0.2, 0.25) is 0 Å². The molecule has 0 spiro atoms. The van der Waals surface area contributed by atoms with Crippen LogP contribution < -0.4 is 15.2 Å². The van der Waals surface area contributed by atoms with Gasteiger partial charge >= 0.3 is 0 Å². The predicted molar refractivity (Wildman–Crippen MR) is 79.2 cm³/mol. The van der Waals surface area contributed by atoms with Crippen molar-refractivity contribution in [2.24, 2.45) is 5.73 Å². The van der Waals surface area contributed by atoms with Gasteiger partial charge in [-0.1, -0.05) is 42.0 Å². The fourth-order valence-corrected chi connectivity index (χ4v) is 2.48. The molecule has 0 aromatic heterocycles. The maximum Gasteiger partial charge on any atom is 0.166 e. The molecule has 2 N–H and O–H groups in total. The Balaban J connectivity index is 1.83. The Hall–Kier alpha value is -2.00. The quantitative estimate of drug-likeness (QED) is 0.931. The van der Waals surface area contributed by atoms with E-state index in [9.17, 15) is 0 Å². The maximum atomic E-state index is 6.35. The summed E-state index contributed by atoms with van der Waals surface area (Å²) in [4.78, 5) is 0. The summed E-state index contributed by atoms with van der Waals surface area (Å²) >= 11 is 0. The fourth-order valence-electron chi connectivity index (χ4n) is 2.48. The standard InChI is InChI=1S/C17H19NO2/c1-12-5-7-13(8-6-12)11-15(18)14-3-2-4-16-17(14)20-10-9-19-16/h2-8,15H,9-11,18H2,1H3. The molecule has 104 valence electrons. The van der Waals surface area contributed by atoms with E-state index in [4.69, 9.17) is 15.2 Å². The minimum atomic E-state index is -0.0886. The lowest BCUT2D eigenvalue weighted by atomic mass is 9.98. The van der Waals surface area contributed by atoms with Crippen molar-refractivity contribution in [3.05, 3.63) is 59.2 Å². The highest BCUT2D eigenvalue weighted by molar-refractivity contribution is 5.49. The molecule has 1 atom stereocenters. The number of ether oxygens (including phenoxy) is 2. The largest absolute Gasteiger partial charge is 0.486 e. The van der Waals surface area contributed by atoms with Gasteiger partial charge in [0.25, 0.3) is 0 Å². The van der Waals surface area contributed by atoms with E-state index in [1.165, 1.54) is 11.1 Å². The molecule has 0 radical (unpaired) electrons. The second-order valence-electron chi connectivity index (χ2n) is 5.17. The van der Waals surface area contributed by atoms with Crippen LogP contribution in [-0.4, -0.2) is 13.2 Å². The molecule has 1 aliphatic rings. The first-order valence-corrected chi connectivity index (χ1v) is 6.93. The van der Waals surface area contributed by atoms with Gasteiger partial charge in [-0.2, -0.15) is 0 Å². The fraction of sp³-hybridized carbons (Fsp3) is 0.294. The summed E-state index contributed by atoms with van der Waals surface area (Å²) in [5.41, 5.74) is 9.86. The Morgan fingerprint density at radius 3 is 2.60 bits per heavy atom. The second kappa shape index (κ2) is 5.55. The van der Waals surface area contributed by atoms with Crippen molar-refractivity contribution in [2.45, 2.75) is 19.4 Å². The van der Waals surface area contributed by atoms with E-state index in [-0.39, 0.29) is 6.04 Å². The summed E-state index contributed by atoms with van der Waals surface area (Å²) in [6.45, 7) is 3.27. The SMILES string of the molecule is Cc1ccc(CC(N)c2cccc3c2OCCO3)cc1. The smallest absolute Gasteiger partial charge is 0.166 e. The first-order valence-electron chi connectivity index (χ1n) is 6.93. The summed E-state index contributed by atoms with van der Waals surface area (Å²) in [6, 6.07) is 14.3. The molecule has 20 heavy (non-hydrogen) atoms. The Labute approximate surface area is 119 Å². The van der Waals surface area contributed by atoms with Crippen LogP contribution in [0.25, 0.3) is 0 Å². The summed E-state index contributed by atoms with van der Waals surface area (Å²) < 4.78 is 11.3. The Bertz CT molecular complexity index is 592. The van der Waals surface area contributed by atoms with Gasteiger partial charge < -0.3 is 15.2 Å². The van der Waals surface area contributed by atoms with Crippen LogP contribution >= 0.6 is 0 Å². The predicted octanol–water partition coefficient (Wildman–Crippen LogP) is 3.01. The number of rotatable bonds is 3. The van der Waals surface area contributed by atoms with Crippen molar-refractivity contribution < 1.29 is 9.47 Å². The van der Waals surface area contributed by atoms with Crippen molar-refractivity contribution >= 4 is 0 Å². The van der Waals surface area contributed by atoms with Crippen molar-refractivity contribution in [1.29, 1.82) is 0 Å². The summed E-state index contributed by atoms with van der Waals surface area (Å²) in [7, 11) is 0. The zero-order valence-electron chi connectivity index (χ0n) is 11.6. The third-order valence-corrected chi connectivity index (χ3v) is 3.57. The summed E-state index contributed by atoms with van der Waals surface area (Å²) in [5, 5.41) is 0. The highest BCUT2D eigenvalue weighted by atomic mass is 16.6. The molecule has 2 aromatic rings. The third-order valence-electron chi connectivity index (χ3n) is 3.57. The second-order valence-corrected chi connectivity index (χ2v) is 5.17. The molecule has 1 aliphatic heterocycles. The lowest BCUT2D eigenvalue weighted by Gasteiger charge is -2.23. The minimum absolute atomic E-state index is 0.0886. The van der Waals surface area contributed by atoms with Gasteiger partial charge in [-0.05, 0) is 25.0 Å². The van der Waals surface area contributed by atoms with Gasteiger partial charge in [0.15, 0.2) is 11.5 Å². The summed E-state index contributed by atoms with van der Waals surface area (Å²) in [5.74, 6) is 1.60. The third kappa shape index (κ3) is 2.63. The Morgan fingerprint density at radius 1 is 1.05 bits per heavy atom. The highest BCUT2D eigenvalue weighted by Crippen LogP contribution is 2.37. The molecule has 3 nitrogen and oxygen atoms in total. The molecule has 1 unspecified atom stereocenters. The molecule has 0 bridgehead atoms. The molecule has 0 aliphatic carbocycles. The Kier molecular flexibility index (Phi) is 3.61. The number of para-hydroxylation sites is 1. The van der Waals surface area contributed by atoms with Gasteiger partial charge in [0, 0.05) is 11.6 Å². The zero-order chi connectivity index (χ0) is 13.9. The number of aryl methyl sites for hydroxylation is 1. The van der Waals surface area contributed by atoms with Gasteiger partial charge in [0.05, 0.1) is 0 Å². The first-order chi connectivity index (χ1) is 9.74. The average Bonchev–Trinajstić information content (AvgIpc) is 2.49. The first kappa shape index (κ1) is 13.0. The Morgan fingerprint density at radius 2 is 1.80 bits per heavy atom. The molecule has 0 amide bonds. The number of fused-ring (bicyclic) bond motifs is 1. The molecule has 0 saturated carbocycles. The van der Waals surface area contributed by atoms with E-state index < -0.39 is 0 Å². The van der Waals surface area contributed by atoms with Crippen molar-refractivity contribution in [3.8, 4) is 11.5 Å². The van der Waals surface area contributed by atoms with Gasteiger partial charge in [0.1, 0.15) is 13.2 Å². The number of hydrogen-bond donors (Lipinski definition) is 1. The van der Waals surface area contributed by atoms with Crippen LogP contribution in [0.1, 0.15) is 22.7 Å². The van der Waals surface area contributed by atoms with E-state index >= 15 is 0 Å². The van der Waals surface area contributed by atoms with E-state index in [1.807, 2.05) is 18.2 Å². The van der Waals surface area contributed by atoms with Crippen LogP contribution in [0.4, 0.5) is 0 Å². The summed E-state index contributed by atoms with van der Waals surface area (Å²) in [6.07, 6.45) is 0.792. The molecule has 1 heterocycles. The van der Waals surface area contributed by atoms with Crippen molar-refractivity contribution in [1.82, 2.24) is 0 Å². The topological polar surface area (TPSA) is 44.5 Å². The van der Waals surface area contributed by atoms with Gasteiger partial charge in [-0.25, -0.2) is 0 Å². The molecule has 0 saturated heterocycles. The molecular weight excluding hydrogens is 250 g/mol. The van der Waals surface area contributed by atoms with Crippen LogP contribution in [-0.2, 0) is 6.42 Å². The van der Waals surface area contributed by atoms with Crippen LogP contribution in [0.2, 0.25) is 0 Å². The van der Waals surface area contributed by atoms with Gasteiger partial charge in [-0.15, -0.1) is 0 Å². The zero-order valence-corrected chi connectivity index (χ0v) is 11.6. The lowest BCUT2D eigenvalue weighted by molar-refractivity contribution is 0.169. The average molecular weight is 269 g/mol. The minimum Gasteiger partial charge on any atom is -0.486 e. The lowest BCUT2D eigenvalue weighted by Crippen LogP contribution is -2.20. The molecular formula is C17H19NO2. The molecule has 2 aromatic carbocycles. The van der Waals surface area contributed by atoms with Crippen LogP contribution in [0.15, 0.2) is 42.5 Å². The van der Waals surface area contributed by atoms with Crippen molar-refractivity contribution in [2.75, 3.05) is 13.2 Å². The molecule has 3 heteroatoms. The van der Waals surface area contributed by atoms with E-state index in [2.05, 4.69) is 31.2 Å². The normalized spacial score (nSPS) is 14.9.